The lowest BCUT2D eigenvalue weighted by Crippen LogP contribution is -2.19. The van der Waals surface area contributed by atoms with Gasteiger partial charge in [0.2, 0.25) is 0 Å². The zero-order valence-electron chi connectivity index (χ0n) is 10.4. The molecule has 0 aliphatic heterocycles. The second kappa shape index (κ2) is 6.76. The van der Waals surface area contributed by atoms with E-state index in [1.807, 2.05) is 60.7 Å². The lowest BCUT2D eigenvalue weighted by atomic mass is 10.2. The summed E-state index contributed by atoms with van der Waals surface area (Å²) in [6, 6.07) is 17.6. The highest BCUT2D eigenvalue weighted by Gasteiger charge is 1.93. The molecular formula is C16H15ClN2. The van der Waals surface area contributed by atoms with Gasteiger partial charge in [0.1, 0.15) is 5.84 Å². The number of hydrogen-bond donors (Lipinski definition) is 2. The fourth-order valence-corrected chi connectivity index (χ4v) is 1.84. The zero-order valence-corrected chi connectivity index (χ0v) is 11.2. The minimum Gasteiger partial charge on any atom is -0.366 e. The first-order chi connectivity index (χ1) is 9.24. The van der Waals surface area contributed by atoms with Gasteiger partial charge < -0.3 is 5.32 Å². The standard InChI is InChI=1S/C16H15ClN2/c17-15-8-4-7-13(11-15)9-10-16(18)19-12-14-5-2-1-3-6-14/h1-11H,12H2,(H2,18,19). The van der Waals surface area contributed by atoms with E-state index in [-0.39, 0.29) is 0 Å². The normalized spacial score (nSPS) is 10.6. The zero-order chi connectivity index (χ0) is 13.5. The van der Waals surface area contributed by atoms with Gasteiger partial charge in [0.05, 0.1) is 0 Å². The molecule has 2 nitrogen and oxygen atoms in total. The molecule has 0 atom stereocenters. The van der Waals surface area contributed by atoms with Crippen LogP contribution in [0.3, 0.4) is 0 Å². The van der Waals surface area contributed by atoms with Crippen LogP contribution in [0, 0.1) is 5.41 Å². The number of benzene rings is 2. The van der Waals surface area contributed by atoms with Crippen LogP contribution in [0.25, 0.3) is 6.08 Å². The molecule has 0 aliphatic carbocycles. The molecule has 0 aliphatic rings. The van der Waals surface area contributed by atoms with E-state index in [4.69, 9.17) is 17.0 Å². The highest BCUT2D eigenvalue weighted by atomic mass is 35.5. The molecule has 0 bridgehead atoms. The van der Waals surface area contributed by atoms with Crippen molar-refractivity contribution in [2.45, 2.75) is 6.54 Å². The summed E-state index contributed by atoms with van der Waals surface area (Å²) in [6.45, 7) is 0.652. The minimum atomic E-state index is 0.379. The summed E-state index contributed by atoms with van der Waals surface area (Å²) in [5.74, 6) is 0.379. The smallest absolute Gasteiger partial charge is 0.118 e. The van der Waals surface area contributed by atoms with Gasteiger partial charge in [-0.2, -0.15) is 0 Å². The van der Waals surface area contributed by atoms with Crippen molar-refractivity contribution in [3.8, 4) is 0 Å². The van der Waals surface area contributed by atoms with Crippen molar-refractivity contribution in [3.05, 3.63) is 76.8 Å². The third-order valence-electron chi connectivity index (χ3n) is 2.62. The van der Waals surface area contributed by atoms with Gasteiger partial charge in [-0.25, -0.2) is 0 Å². The molecule has 0 fully saturated rings. The molecule has 2 rings (SSSR count). The number of nitrogens with one attached hydrogen (secondary N) is 2. The summed E-state index contributed by atoms with van der Waals surface area (Å²) in [5.41, 5.74) is 2.14. The van der Waals surface area contributed by atoms with Crippen LogP contribution in [-0.4, -0.2) is 5.84 Å². The first kappa shape index (κ1) is 13.4. The average Bonchev–Trinajstić information content (AvgIpc) is 2.44. The first-order valence-corrected chi connectivity index (χ1v) is 6.42. The maximum Gasteiger partial charge on any atom is 0.118 e. The van der Waals surface area contributed by atoms with Gasteiger partial charge in [0, 0.05) is 11.6 Å². The summed E-state index contributed by atoms with van der Waals surface area (Å²) >= 11 is 5.90. The van der Waals surface area contributed by atoms with Crippen molar-refractivity contribution in [3.63, 3.8) is 0 Å². The first-order valence-electron chi connectivity index (χ1n) is 6.04. The summed E-state index contributed by atoms with van der Waals surface area (Å²) in [4.78, 5) is 0. The maximum atomic E-state index is 7.81. The Labute approximate surface area is 118 Å². The van der Waals surface area contributed by atoms with E-state index in [2.05, 4.69) is 5.32 Å². The maximum absolute atomic E-state index is 7.81. The van der Waals surface area contributed by atoms with Crippen LogP contribution in [0.1, 0.15) is 11.1 Å². The van der Waals surface area contributed by atoms with Crippen LogP contribution in [0.5, 0.6) is 0 Å². The Morgan fingerprint density at radius 2 is 1.89 bits per heavy atom. The number of amidine groups is 1. The Morgan fingerprint density at radius 1 is 1.11 bits per heavy atom. The Kier molecular flexibility index (Phi) is 4.76. The van der Waals surface area contributed by atoms with Crippen molar-refractivity contribution in [1.82, 2.24) is 5.32 Å². The molecule has 3 heteroatoms. The minimum absolute atomic E-state index is 0.379. The SMILES string of the molecule is N=C(C=Cc1cccc(Cl)c1)NCc1ccccc1. The average molecular weight is 271 g/mol. The molecule has 0 unspecified atom stereocenters. The number of rotatable bonds is 4. The predicted octanol–water partition coefficient (Wildman–Crippen LogP) is 4.12. The summed E-state index contributed by atoms with van der Waals surface area (Å²) in [5, 5.41) is 11.6. The molecule has 0 saturated carbocycles. The van der Waals surface area contributed by atoms with E-state index < -0.39 is 0 Å². The van der Waals surface area contributed by atoms with E-state index in [9.17, 15) is 0 Å². The molecule has 0 radical (unpaired) electrons. The van der Waals surface area contributed by atoms with E-state index in [0.717, 1.165) is 11.1 Å². The van der Waals surface area contributed by atoms with Gasteiger partial charge in [-0.1, -0.05) is 60.1 Å². The van der Waals surface area contributed by atoms with E-state index >= 15 is 0 Å². The second-order valence-corrected chi connectivity index (χ2v) is 4.58. The van der Waals surface area contributed by atoms with Crippen molar-refractivity contribution in [2.75, 3.05) is 0 Å². The topological polar surface area (TPSA) is 35.9 Å². The third kappa shape index (κ3) is 4.60. The second-order valence-electron chi connectivity index (χ2n) is 4.14. The van der Waals surface area contributed by atoms with Crippen LogP contribution in [0.15, 0.2) is 60.7 Å². The van der Waals surface area contributed by atoms with Gasteiger partial charge in [-0.05, 0) is 29.3 Å². The Bertz CT molecular complexity index is 576. The molecule has 0 spiro atoms. The number of halogens is 1. The molecule has 0 saturated heterocycles. The molecule has 2 aromatic carbocycles. The van der Waals surface area contributed by atoms with Gasteiger partial charge >= 0.3 is 0 Å². The van der Waals surface area contributed by atoms with E-state index in [1.54, 1.807) is 6.08 Å². The van der Waals surface area contributed by atoms with Crippen molar-refractivity contribution in [1.29, 1.82) is 5.41 Å². The molecular weight excluding hydrogens is 256 g/mol. The quantitative estimate of drug-likeness (QED) is 0.636. The number of hydrogen-bond acceptors (Lipinski definition) is 1. The van der Waals surface area contributed by atoms with E-state index in [0.29, 0.717) is 17.4 Å². The molecule has 0 aromatic heterocycles. The monoisotopic (exact) mass is 270 g/mol. The third-order valence-corrected chi connectivity index (χ3v) is 2.85. The Hall–Kier alpha value is -2.06. The van der Waals surface area contributed by atoms with E-state index in [1.165, 1.54) is 0 Å². The van der Waals surface area contributed by atoms with Gasteiger partial charge in [-0.3, -0.25) is 5.41 Å². The van der Waals surface area contributed by atoms with Gasteiger partial charge in [0.15, 0.2) is 0 Å². The van der Waals surface area contributed by atoms with Crippen molar-refractivity contribution in [2.24, 2.45) is 0 Å². The van der Waals surface area contributed by atoms with Crippen LogP contribution in [-0.2, 0) is 6.54 Å². The largest absolute Gasteiger partial charge is 0.366 e. The van der Waals surface area contributed by atoms with Gasteiger partial charge in [0.25, 0.3) is 0 Å². The molecule has 0 amide bonds. The highest BCUT2D eigenvalue weighted by Crippen LogP contribution is 2.11. The molecule has 19 heavy (non-hydrogen) atoms. The molecule has 2 N–H and O–H groups in total. The molecule has 2 aromatic rings. The Balaban J connectivity index is 1.88. The summed E-state index contributed by atoms with van der Waals surface area (Å²) < 4.78 is 0. The summed E-state index contributed by atoms with van der Waals surface area (Å²) in [7, 11) is 0. The van der Waals surface area contributed by atoms with Crippen LogP contribution >= 0.6 is 11.6 Å². The van der Waals surface area contributed by atoms with Gasteiger partial charge in [-0.15, -0.1) is 0 Å². The molecule has 0 heterocycles. The van der Waals surface area contributed by atoms with Crippen LogP contribution < -0.4 is 5.32 Å². The molecule has 96 valence electrons. The summed E-state index contributed by atoms with van der Waals surface area (Å²) in [6.07, 6.45) is 3.60. The fraction of sp³-hybridized carbons (Fsp3) is 0.0625. The lowest BCUT2D eigenvalue weighted by Gasteiger charge is -2.04. The predicted molar refractivity (Wildman–Crippen MR) is 81.5 cm³/mol. The lowest BCUT2D eigenvalue weighted by molar-refractivity contribution is 0.912. The van der Waals surface area contributed by atoms with Crippen molar-refractivity contribution >= 4 is 23.5 Å². The van der Waals surface area contributed by atoms with Crippen LogP contribution in [0.4, 0.5) is 0 Å². The Morgan fingerprint density at radius 3 is 2.63 bits per heavy atom. The fourth-order valence-electron chi connectivity index (χ4n) is 1.64. The van der Waals surface area contributed by atoms with Crippen LogP contribution in [0.2, 0.25) is 5.02 Å². The highest BCUT2D eigenvalue weighted by molar-refractivity contribution is 6.30. The van der Waals surface area contributed by atoms with Crippen molar-refractivity contribution < 1.29 is 0 Å².